The average Bonchev–Trinajstić information content (AvgIpc) is 2.99. The third-order valence-electron chi connectivity index (χ3n) is 6.89. The van der Waals surface area contributed by atoms with Crippen LogP contribution in [0.5, 0.6) is 11.5 Å². The summed E-state index contributed by atoms with van der Waals surface area (Å²) in [5.41, 5.74) is 3.58. The van der Waals surface area contributed by atoms with E-state index in [4.69, 9.17) is 14.2 Å². The first kappa shape index (κ1) is 28.9. The minimum absolute atomic E-state index is 0.183. The van der Waals surface area contributed by atoms with E-state index >= 15 is 0 Å². The van der Waals surface area contributed by atoms with Gasteiger partial charge in [-0.3, -0.25) is 14.5 Å². The molecule has 0 saturated carbocycles. The average molecular weight is 547 g/mol. The number of piperazine rings is 1. The molecule has 40 heavy (non-hydrogen) atoms. The summed E-state index contributed by atoms with van der Waals surface area (Å²) in [5.74, 6) is 0.521. The third-order valence-corrected chi connectivity index (χ3v) is 6.89. The Balaban J connectivity index is 1.51. The van der Waals surface area contributed by atoms with Crippen LogP contribution < -0.4 is 25.0 Å². The Morgan fingerprint density at radius 2 is 1.52 bits per heavy atom. The Morgan fingerprint density at radius 1 is 0.825 bits per heavy atom. The van der Waals surface area contributed by atoms with Crippen molar-refractivity contribution in [3.63, 3.8) is 0 Å². The lowest BCUT2D eigenvalue weighted by atomic mass is 10.1. The van der Waals surface area contributed by atoms with Crippen molar-refractivity contribution in [1.82, 2.24) is 10.2 Å². The number of nitrogens with one attached hydrogen (secondary N) is 2. The van der Waals surface area contributed by atoms with E-state index in [1.807, 2.05) is 18.2 Å². The van der Waals surface area contributed by atoms with E-state index in [0.29, 0.717) is 47.9 Å². The van der Waals surface area contributed by atoms with E-state index in [2.05, 4.69) is 44.7 Å². The summed E-state index contributed by atoms with van der Waals surface area (Å²) in [6, 6.07) is 20.9. The molecule has 212 valence electrons. The summed E-state index contributed by atoms with van der Waals surface area (Å²) in [6.07, 6.45) is 0.712. The molecule has 9 heteroatoms. The SMILES string of the molecule is COCCCNC(=O)c1cc(NC(=O)c2cc(OC)cc(OC)c2)ccc1N1CCN(Cc2ccccc2)CC1. The van der Waals surface area contributed by atoms with Crippen LogP contribution in [0.15, 0.2) is 66.7 Å². The zero-order chi connectivity index (χ0) is 28.3. The lowest BCUT2D eigenvalue weighted by Crippen LogP contribution is -2.46. The number of ether oxygens (including phenoxy) is 3. The number of amides is 2. The molecule has 0 aliphatic carbocycles. The first-order valence-electron chi connectivity index (χ1n) is 13.5. The highest BCUT2D eigenvalue weighted by Crippen LogP contribution is 2.28. The molecule has 1 aliphatic rings. The summed E-state index contributed by atoms with van der Waals surface area (Å²) in [4.78, 5) is 31.1. The highest BCUT2D eigenvalue weighted by Gasteiger charge is 2.23. The number of hydrogen-bond acceptors (Lipinski definition) is 7. The molecule has 1 saturated heterocycles. The molecule has 4 rings (SSSR count). The molecule has 9 nitrogen and oxygen atoms in total. The monoisotopic (exact) mass is 546 g/mol. The molecule has 0 radical (unpaired) electrons. The first-order valence-corrected chi connectivity index (χ1v) is 13.5. The maximum Gasteiger partial charge on any atom is 0.255 e. The summed E-state index contributed by atoms with van der Waals surface area (Å²) in [6.45, 7) is 5.34. The summed E-state index contributed by atoms with van der Waals surface area (Å²) >= 11 is 0. The fourth-order valence-corrected chi connectivity index (χ4v) is 4.72. The maximum atomic E-state index is 13.3. The van der Waals surface area contributed by atoms with Gasteiger partial charge in [-0.05, 0) is 42.3 Å². The zero-order valence-corrected chi connectivity index (χ0v) is 23.4. The highest BCUT2D eigenvalue weighted by atomic mass is 16.5. The molecule has 0 aromatic heterocycles. The van der Waals surface area contributed by atoms with Crippen LogP contribution in [0.25, 0.3) is 0 Å². The fourth-order valence-electron chi connectivity index (χ4n) is 4.72. The van der Waals surface area contributed by atoms with Crippen molar-refractivity contribution < 1.29 is 23.8 Å². The lowest BCUT2D eigenvalue weighted by molar-refractivity contribution is 0.0947. The number of hydrogen-bond donors (Lipinski definition) is 2. The lowest BCUT2D eigenvalue weighted by Gasteiger charge is -2.37. The molecule has 1 aliphatic heterocycles. The normalized spacial score (nSPS) is 13.5. The topological polar surface area (TPSA) is 92.4 Å². The van der Waals surface area contributed by atoms with Gasteiger partial charge in [0.2, 0.25) is 0 Å². The Hall–Kier alpha value is -4.08. The van der Waals surface area contributed by atoms with Gasteiger partial charge in [-0.25, -0.2) is 0 Å². The number of anilines is 2. The van der Waals surface area contributed by atoms with Gasteiger partial charge in [-0.15, -0.1) is 0 Å². The molecule has 2 N–H and O–H groups in total. The van der Waals surface area contributed by atoms with Crippen LogP contribution in [-0.4, -0.2) is 77.4 Å². The minimum Gasteiger partial charge on any atom is -0.497 e. The minimum atomic E-state index is -0.328. The molecule has 0 atom stereocenters. The smallest absolute Gasteiger partial charge is 0.255 e. The van der Waals surface area contributed by atoms with Gasteiger partial charge < -0.3 is 29.7 Å². The highest BCUT2D eigenvalue weighted by molar-refractivity contribution is 6.06. The van der Waals surface area contributed by atoms with Crippen LogP contribution in [-0.2, 0) is 11.3 Å². The van der Waals surface area contributed by atoms with Crippen molar-refractivity contribution in [2.45, 2.75) is 13.0 Å². The molecular weight excluding hydrogens is 508 g/mol. The number of nitrogens with zero attached hydrogens (tertiary/aromatic N) is 2. The number of methoxy groups -OCH3 is 3. The van der Waals surface area contributed by atoms with Crippen LogP contribution >= 0.6 is 0 Å². The zero-order valence-electron chi connectivity index (χ0n) is 23.4. The van der Waals surface area contributed by atoms with Gasteiger partial charge in [0.1, 0.15) is 11.5 Å². The van der Waals surface area contributed by atoms with E-state index in [9.17, 15) is 9.59 Å². The third kappa shape index (κ3) is 7.74. The van der Waals surface area contributed by atoms with E-state index in [0.717, 1.165) is 38.4 Å². The molecule has 0 spiro atoms. The number of carbonyl (C=O) groups is 2. The number of carbonyl (C=O) groups excluding carboxylic acids is 2. The second kappa shape index (κ2) is 14.3. The quantitative estimate of drug-likeness (QED) is 0.331. The van der Waals surface area contributed by atoms with Gasteiger partial charge in [0.05, 0.1) is 19.8 Å². The predicted molar refractivity (Wildman–Crippen MR) is 157 cm³/mol. The van der Waals surface area contributed by atoms with E-state index in [-0.39, 0.29) is 11.8 Å². The van der Waals surface area contributed by atoms with Crippen LogP contribution in [0, 0.1) is 0 Å². The number of benzene rings is 3. The Labute approximate surface area is 236 Å². The molecule has 0 unspecified atom stereocenters. The Morgan fingerprint density at radius 3 is 2.17 bits per heavy atom. The Kier molecular flexibility index (Phi) is 10.4. The second-order valence-electron chi connectivity index (χ2n) is 9.64. The number of rotatable bonds is 12. The first-order chi connectivity index (χ1) is 19.5. The molecule has 1 heterocycles. The molecule has 1 fully saturated rings. The van der Waals surface area contributed by atoms with Crippen molar-refractivity contribution >= 4 is 23.2 Å². The summed E-state index contributed by atoms with van der Waals surface area (Å²) in [5, 5.41) is 5.92. The molecule has 2 amide bonds. The maximum absolute atomic E-state index is 13.3. The predicted octanol–water partition coefficient (Wildman–Crippen LogP) is 4.04. The van der Waals surface area contributed by atoms with Gasteiger partial charge in [-0.2, -0.15) is 0 Å². The van der Waals surface area contributed by atoms with Crippen LogP contribution in [0.2, 0.25) is 0 Å². The van der Waals surface area contributed by atoms with E-state index < -0.39 is 0 Å². The van der Waals surface area contributed by atoms with Gasteiger partial charge in [0, 0.05) is 76.0 Å². The van der Waals surface area contributed by atoms with Crippen LogP contribution in [0.4, 0.5) is 11.4 Å². The van der Waals surface area contributed by atoms with Crippen molar-refractivity contribution in [2.24, 2.45) is 0 Å². The van der Waals surface area contributed by atoms with Gasteiger partial charge in [0.15, 0.2) is 0 Å². The summed E-state index contributed by atoms with van der Waals surface area (Å²) < 4.78 is 15.7. The van der Waals surface area contributed by atoms with Gasteiger partial charge in [0.25, 0.3) is 11.8 Å². The molecule has 0 bridgehead atoms. The van der Waals surface area contributed by atoms with Crippen molar-refractivity contribution in [3.8, 4) is 11.5 Å². The van der Waals surface area contributed by atoms with Crippen molar-refractivity contribution in [1.29, 1.82) is 0 Å². The molecular formula is C31H38N4O5. The van der Waals surface area contributed by atoms with Crippen molar-refractivity contribution in [3.05, 3.63) is 83.4 Å². The second-order valence-corrected chi connectivity index (χ2v) is 9.64. The van der Waals surface area contributed by atoms with Crippen molar-refractivity contribution in [2.75, 3.05) is 70.9 Å². The molecule has 3 aromatic carbocycles. The standard InChI is InChI=1S/C31H38N4O5/c1-38-17-7-12-32-31(37)28-20-25(33-30(36)24-18-26(39-2)21-27(19-24)40-3)10-11-29(28)35-15-13-34(14-16-35)22-23-8-5-4-6-9-23/h4-6,8-11,18-21H,7,12-17,22H2,1-3H3,(H,32,37)(H,33,36). The largest absolute Gasteiger partial charge is 0.497 e. The van der Waals surface area contributed by atoms with E-state index in [1.54, 1.807) is 31.4 Å². The van der Waals surface area contributed by atoms with Gasteiger partial charge >= 0.3 is 0 Å². The fraction of sp³-hybridized carbons (Fsp3) is 0.355. The molecule has 3 aromatic rings. The van der Waals surface area contributed by atoms with Crippen LogP contribution in [0.3, 0.4) is 0 Å². The summed E-state index contributed by atoms with van der Waals surface area (Å²) in [7, 11) is 4.71. The Bertz CT molecular complexity index is 1250. The van der Waals surface area contributed by atoms with E-state index in [1.165, 1.54) is 19.8 Å². The van der Waals surface area contributed by atoms with Crippen LogP contribution in [0.1, 0.15) is 32.7 Å². The van der Waals surface area contributed by atoms with Gasteiger partial charge in [-0.1, -0.05) is 30.3 Å².